The number of rotatable bonds is 7. The molecule has 0 radical (unpaired) electrons. The van der Waals surface area contributed by atoms with E-state index < -0.39 is 10.0 Å². The number of furan rings is 1. The van der Waals surface area contributed by atoms with Gasteiger partial charge in [0.15, 0.2) is 0 Å². The fraction of sp³-hybridized carbons (Fsp3) is 0.381. The molecule has 0 aliphatic carbocycles. The second kappa shape index (κ2) is 9.28. The van der Waals surface area contributed by atoms with Crippen molar-refractivity contribution in [2.45, 2.75) is 24.7 Å². The third-order valence-electron chi connectivity index (χ3n) is 5.10. The van der Waals surface area contributed by atoms with Crippen LogP contribution in [-0.2, 0) is 14.8 Å². The van der Waals surface area contributed by atoms with Crippen LogP contribution in [0, 0.1) is 12.8 Å². The summed E-state index contributed by atoms with van der Waals surface area (Å²) < 4.78 is 38.2. The predicted molar refractivity (Wildman–Crippen MR) is 110 cm³/mol. The fourth-order valence-electron chi connectivity index (χ4n) is 3.33. The van der Waals surface area contributed by atoms with Crippen LogP contribution in [0.1, 0.15) is 24.2 Å². The van der Waals surface area contributed by atoms with Gasteiger partial charge < -0.3 is 14.1 Å². The van der Waals surface area contributed by atoms with Crippen LogP contribution in [-0.4, -0.2) is 46.0 Å². The summed E-state index contributed by atoms with van der Waals surface area (Å²) >= 11 is 0. The van der Waals surface area contributed by atoms with Crippen molar-refractivity contribution in [3.05, 3.63) is 54.0 Å². The highest BCUT2D eigenvalue weighted by Gasteiger charge is 2.24. The number of benzene rings is 1. The zero-order chi connectivity index (χ0) is 20.9. The lowest BCUT2D eigenvalue weighted by Gasteiger charge is -2.31. The summed E-state index contributed by atoms with van der Waals surface area (Å²) in [5.41, 5.74) is 0.768. The van der Waals surface area contributed by atoms with E-state index in [9.17, 15) is 13.2 Å². The number of aryl methyl sites for hydroxylation is 1. The molecule has 2 heterocycles. The maximum Gasteiger partial charge on any atom is 0.246 e. The third kappa shape index (κ3) is 5.48. The molecule has 0 bridgehead atoms. The minimum Gasteiger partial charge on any atom is -0.496 e. The quantitative estimate of drug-likeness (QED) is 0.699. The van der Waals surface area contributed by atoms with Gasteiger partial charge in [0.1, 0.15) is 11.5 Å². The van der Waals surface area contributed by atoms with E-state index in [2.05, 4.69) is 4.72 Å². The van der Waals surface area contributed by atoms with Crippen molar-refractivity contribution in [1.82, 2.24) is 9.62 Å². The molecule has 1 aliphatic heterocycles. The van der Waals surface area contributed by atoms with Crippen molar-refractivity contribution in [3.63, 3.8) is 0 Å². The largest absolute Gasteiger partial charge is 0.496 e. The van der Waals surface area contributed by atoms with Crippen LogP contribution < -0.4 is 9.46 Å². The van der Waals surface area contributed by atoms with E-state index in [0.29, 0.717) is 31.1 Å². The normalized spacial score (nSPS) is 15.7. The second-order valence-corrected chi connectivity index (χ2v) is 8.87. The van der Waals surface area contributed by atoms with Crippen molar-refractivity contribution < 1.29 is 22.4 Å². The first-order valence-corrected chi connectivity index (χ1v) is 11.0. The van der Waals surface area contributed by atoms with Gasteiger partial charge in [0.25, 0.3) is 0 Å². The summed E-state index contributed by atoms with van der Waals surface area (Å²) in [6.07, 6.45) is 6.23. The number of sulfonamides is 1. The number of piperidine rings is 1. The molecule has 156 valence electrons. The predicted octanol–water partition coefficient (Wildman–Crippen LogP) is 2.83. The molecular weight excluding hydrogens is 392 g/mol. The minimum absolute atomic E-state index is 0.0610. The Balaban J connectivity index is 1.49. The van der Waals surface area contributed by atoms with Crippen molar-refractivity contribution in [2.75, 3.05) is 26.7 Å². The van der Waals surface area contributed by atoms with E-state index >= 15 is 0 Å². The average Bonchev–Trinajstić information content (AvgIpc) is 3.24. The van der Waals surface area contributed by atoms with Crippen molar-refractivity contribution >= 4 is 22.0 Å². The van der Waals surface area contributed by atoms with Gasteiger partial charge in [0.05, 0.1) is 18.3 Å². The summed E-state index contributed by atoms with van der Waals surface area (Å²) in [5.74, 6) is 1.43. The number of likely N-dealkylation sites (tertiary alicyclic amines) is 1. The lowest BCUT2D eigenvalue weighted by atomic mass is 9.97. The van der Waals surface area contributed by atoms with Crippen LogP contribution in [0.25, 0.3) is 6.08 Å². The highest BCUT2D eigenvalue weighted by Crippen LogP contribution is 2.22. The molecule has 7 nitrogen and oxygen atoms in total. The maximum atomic E-state index is 12.6. The van der Waals surface area contributed by atoms with Crippen molar-refractivity contribution in [3.8, 4) is 5.75 Å². The minimum atomic E-state index is -3.58. The molecular formula is C21H26N2O5S. The summed E-state index contributed by atoms with van der Waals surface area (Å²) in [5, 5.41) is 0. The maximum absolute atomic E-state index is 12.6. The van der Waals surface area contributed by atoms with Gasteiger partial charge >= 0.3 is 0 Å². The monoisotopic (exact) mass is 418 g/mol. The number of hydrogen-bond donors (Lipinski definition) is 1. The van der Waals surface area contributed by atoms with Crippen molar-refractivity contribution in [1.29, 1.82) is 0 Å². The molecule has 1 aromatic heterocycles. The fourth-order valence-corrected chi connectivity index (χ4v) is 4.53. The lowest BCUT2D eigenvalue weighted by molar-refractivity contribution is -0.127. The molecule has 1 fully saturated rings. The summed E-state index contributed by atoms with van der Waals surface area (Å²) in [4.78, 5) is 14.3. The number of carbonyl (C=O) groups excluding carboxylic acids is 1. The van der Waals surface area contributed by atoms with E-state index in [1.165, 1.54) is 6.08 Å². The van der Waals surface area contributed by atoms with Crippen LogP contribution in [0.3, 0.4) is 0 Å². The zero-order valence-electron chi connectivity index (χ0n) is 16.6. The highest BCUT2D eigenvalue weighted by molar-refractivity contribution is 7.89. The molecule has 1 saturated heterocycles. The first kappa shape index (κ1) is 21.1. The molecule has 29 heavy (non-hydrogen) atoms. The Bertz CT molecular complexity index is 959. The van der Waals surface area contributed by atoms with E-state index in [4.69, 9.17) is 9.15 Å². The van der Waals surface area contributed by atoms with Gasteiger partial charge in [-0.25, -0.2) is 13.1 Å². The Hall–Kier alpha value is -2.58. The molecule has 1 aliphatic rings. The molecule has 0 spiro atoms. The molecule has 0 saturated carbocycles. The SMILES string of the molecule is COc1ccc(S(=O)(=O)NCC2CCN(C(=O)/C=C/c3ccco3)CC2)cc1C. The van der Waals surface area contributed by atoms with Crippen LogP contribution in [0.2, 0.25) is 0 Å². The topological polar surface area (TPSA) is 88.9 Å². The second-order valence-electron chi connectivity index (χ2n) is 7.10. The Morgan fingerprint density at radius 3 is 2.69 bits per heavy atom. The number of amides is 1. The summed E-state index contributed by atoms with van der Waals surface area (Å²) in [6.45, 7) is 3.38. The van der Waals surface area contributed by atoms with Crippen LogP contribution in [0.4, 0.5) is 0 Å². The zero-order valence-corrected chi connectivity index (χ0v) is 17.4. The third-order valence-corrected chi connectivity index (χ3v) is 6.52. The molecule has 2 aromatic rings. The van der Waals surface area contributed by atoms with Gasteiger partial charge in [0, 0.05) is 25.7 Å². The molecule has 1 aromatic carbocycles. The first-order valence-electron chi connectivity index (χ1n) is 9.54. The number of nitrogens with one attached hydrogen (secondary N) is 1. The number of carbonyl (C=O) groups is 1. The number of nitrogens with zero attached hydrogens (tertiary/aromatic N) is 1. The van der Waals surface area contributed by atoms with E-state index in [1.54, 1.807) is 54.7 Å². The van der Waals surface area contributed by atoms with Crippen LogP contribution in [0.5, 0.6) is 5.75 Å². The van der Waals surface area contributed by atoms with Gasteiger partial charge in [-0.15, -0.1) is 0 Å². The van der Waals surface area contributed by atoms with Gasteiger partial charge in [-0.05, 0) is 67.7 Å². The molecule has 0 unspecified atom stereocenters. The Morgan fingerprint density at radius 2 is 2.07 bits per heavy atom. The molecule has 1 N–H and O–H groups in total. The van der Waals surface area contributed by atoms with Gasteiger partial charge in [0.2, 0.25) is 15.9 Å². The Morgan fingerprint density at radius 1 is 1.31 bits per heavy atom. The highest BCUT2D eigenvalue weighted by atomic mass is 32.2. The molecule has 0 atom stereocenters. The standard InChI is InChI=1S/C21H26N2O5S/c1-16-14-19(6-7-20(16)27-2)29(25,26)22-15-17-9-11-23(12-10-17)21(24)8-5-18-4-3-13-28-18/h3-8,13-14,17,22H,9-12,15H2,1-2H3/b8-5+. The van der Waals surface area contributed by atoms with Gasteiger partial charge in [-0.2, -0.15) is 0 Å². The summed E-state index contributed by atoms with van der Waals surface area (Å²) in [7, 11) is -2.02. The lowest BCUT2D eigenvalue weighted by Crippen LogP contribution is -2.40. The Labute approximate surface area is 171 Å². The number of methoxy groups -OCH3 is 1. The number of hydrogen-bond acceptors (Lipinski definition) is 5. The number of ether oxygens (including phenoxy) is 1. The van der Waals surface area contributed by atoms with Gasteiger partial charge in [-0.3, -0.25) is 4.79 Å². The summed E-state index contributed by atoms with van der Waals surface area (Å²) in [6, 6.07) is 8.36. The molecule has 1 amide bonds. The van der Waals surface area contributed by atoms with E-state index in [-0.39, 0.29) is 16.7 Å². The Kier molecular flexibility index (Phi) is 6.76. The van der Waals surface area contributed by atoms with Crippen LogP contribution >= 0.6 is 0 Å². The van der Waals surface area contributed by atoms with Crippen LogP contribution in [0.15, 0.2) is 52.0 Å². The van der Waals surface area contributed by atoms with E-state index in [1.807, 2.05) is 6.92 Å². The van der Waals surface area contributed by atoms with E-state index in [0.717, 1.165) is 18.4 Å². The smallest absolute Gasteiger partial charge is 0.246 e. The first-order chi connectivity index (χ1) is 13.9. The average molecular weight is 419 g/mol. The molecule has 8 heteroatoms. The van der Waals surface area contributed by atoms with Crippen molar-refractivity contribution in [2.24, 2.45) is 5.92 Å². The van der Waals surface area contributed by atoms with Gasteiger partial charge in [-0.1, -0.05) is 0 Å². The molecule has 3 rings (SSSR count).